The first kappa shape index (κ1) is 13.4. The molecule has 1 aliphatic heterocycles. The summed E-state index contributed by atoms with van der Waals surface area (Å²) in [6, 6.07) is 0.522. The Balaban J connectivity index is 1.84. The molecule has 1 aliphatic rings. The van der Waals surface area contributed by atoms with Crippen molar-refractivity contribution in [2.24, 2.45) is 0 Å². The van der Waals surface area contributed by atoms with E-state index in [1.54, 1.807) is 0 Å². The normalized spacial score (nSPS) is 22.6. The third-order valence-corrected chi connectivity index (χ3v) is 5.60. The third-order valence-electron chi connectivity index (χ3n) is 3.28. The SMILES string of the molecule is CNC(C)Cc1csc(CC2CCCCS2)n1. The van der Waals surface area contributed by atoms with E-state index in [-0.39, 0.29) is 0 Å². The zero-order valence-corrected chi connectivity index (χ0v) is 12.4. The lowest BCUT2D eigenvalue weighted by Gasteiger charge is -2.19. The Kier molecular flexibility index (Phi) is 5.32. The molecule has 0 aromatic carbocycles. The predicted molar refractivity (Wildman–Crippen MR) is 78.1 cm³/mol. The van der Waals surface area contributed by atoms with Crippen LogP contribution in [0.4, 0.5) is 0 Å². The Labute approximate surface area is 113 Å². The van der Waals surface area contributed by atoms with E-state index in [0.717, 1.165) is 11.7 Å². The van der Waals surface area contributed by atoms with Gasteiger partial charge in [0.25, 0.3) is 0 Å². The van der Waals surface area contributed by atoms with Gasteiger partial charge in [0.1, 0.15) is 0 Å². The van der Waals surface area contributed by atoms with Crippen molar-refractivity contribution >= 4 is 23.1 Å². The Bertz CT molecular complexity index is 332. The summed E-state index contributed by atoms with van der Waals surface area (Å²) in [6.45, 7) is 2.20. The monoisotopic (exact) mass is 270 g/mol. The predicted octanol–water partition coefficient (Wildman–Crippen LogP) is 3.12. The molecule has 2 nitrogen and oxygen atoms in total. The summed E-state index contributed by atoms with van der Waals surface area (Å²) in [7, 11) is 2.01. The molecule has 0 aliphatic carbocycles. The van der Waals surface area contributed by atoms with E-state index in [4.69, 9.17) is 4.98 Å². The molecule has 96 valence electrons. The Hall–Kier alpha value is -0.0600. The van der Waals surface area contributed by atoms with Crippen LogP contribution in [0.25, 0.3) is 0 Å². The topological polar surface area (TPSA) is 24.9 Å². The number of thiazole rings is 1. The molecular weight excluding hydrogens is 248 g/mol. The fourth-order valence-corrected chi connectivity index (χ4v) is 4.42. The van der Waals surface area contributed by atoms with Gasteiger partial charge in [0.2, 0.25) is 0 Å². The van der Waals surface area contributed by atoms with Crippen LogP contribution in [0, 0.1) is 0 Å². The number of likely N-dealkylation sites (N-methyl/N-ethyl adjacent to an activating group) is 1. The zero-order chi connectivity index (χ0) is 12.1. The van der Waals surface area contributed by atoms with Gasteiger partial charge in [-0.2, -0.15) is 11.8 Å². The van der Waals surface area contributed by atoms with Gasteiger partial charge >= 0.3 is 0 Å². The smallest absolute Gasteiger partial charge is 0.0939 e. The molecule has 2 rings (SSSR count). The number of nitrogens with zero attached hydrogens (tertiary/aromatic N) is 1. The van der Waals surface area contributed by atoms with E-state index < -0.39 is 0 Å². The van der Waals surface area contributed by atoms with E-state index >= 15 is 0 Å². The molecule has 0 bridgehead atoms. The van der Waals surface area contributed by atoms with Crippen LogP contribution < -0.4 is 5.32 Å². The fraction of sp³-hybridized carbons (Fsp3) is 0.769. The maximum atomic E-state index is 4.76. The van der Waals surface area contributed by atoms with Gasteiger partial charge in [-0.1, -0.05) is 6.42 Å². The molecular formula is C13H22N2S2. The highest BCUT2D eigenvalue weighted by molar-refractivity contribution is 7.99. The maximum Gasteiger partial charge on any atom is 0.0939 e. The van der Waals surface area contributed by atoms with Crippen LogP contribution in [0.15, 0.2) is 5.38 Å². The van der Waals surface area contributed by atoms with Crippen molar-refractivity contribution < 1.29 is 0 Å². The van der Waals surface area contributed by atoms with Gasteiger partial charge in [-0.05, 0) is 32.6 Å². The molecule has 1 aromatic heterocycles. The Morgan fingerprint density at radius 1 is 1.53 bits per heavy atom. The lowest BCUT2D eigenvalue weighted by atomic mass is 10.1. The number of hydrogen-bond acceptors (Lipinski definition) is 4. The average molecular weight is 270 g/mol. The van der Waals surface area contributed by atoms with Crippen molar-refractivity contribution in [3.63, 3.8) is 0 Å². The average Bonchev–Trinajstić information content (AvgIpc) is 2.77. The molecule has 1 aromatic rings. The van der Waals surface area contributed by atoms with Crippen molar-refractivity contribution in [2.75, 3.05) is 12.8 Å². The van der Waals surface area contributed by atoms with Gasteiger partial charge in [0, 0.05) is 29.5 Å². The maximum absolute atomic E-state index is 4.76. The summed E-state index contributed by atoms with van der Waals surface area (Å²) >= 11 is 3.98. The molecule has 1 saturated heterocycles. The first-order chi connectivity index (χ1) is 8.28. The lowest BCUT2D eigenvalue weighted by molar-refractivity contribution is 0.600. The van der Waals surface area contributed by atoms with E-state index in [9.17, 15) is 0 Å². The highest BCUT2D eigenvalue weighted by Crippen LogP contribution is 2.28. The minimum atomic E-state index is 0.522. The van der Waals surface area contributed by atoms with Gasteiger partial charge in [0.15, 0.2) is 0 Å². The van der Waals surface area contributed by atoms with Crippen LogP contribution >= 0.6 is 23.1 Å². The number of nitrogens with one attached hydrogen (secondary N) is 1. The Morgan fingerprint density at radius 2 is 2.41 bits per heavy atom. The van der Waals surface area contributed by atoms with Gasteiger partial charge in [-0.25, -0.2) is 4.98 Å². The van der Waals surface area contributed by atoms with Crippen LogP contribution in [0.5, 0.6) is 0 Å². The summed E-state index contributed by atoms with van der Waals surface area (Å²) in [5, 5.41) is 7.66. The van der Waals surface area contributed by atoms with Gasteiger partial charge in [-0.15, -0.1) is 11.3 Å². The van der Waals surface area contributed by atoms with Crippen molar-refractivity contribution in [1.82, 2.24) is 10.3 Å². The lowest BCUT2D eigenvalue weighted by Crippen LogP contribution is -2.23. The minimum Gasteiger partial charge on any atom is -0.317 e. The van der Waals surface area contributed by atoms with Crippen LogP contribution in [-0.2, 0) is 12.8 Å². The molecule has 2 atom stereocenters. The third kappa shape index (κ3) is 4.27. The molecule has 4 heteroatoms. The minimum absolute atomic E-state index is 0.522. The van der Waals surface area contributed by atoms with Crippen LogP contribution in [0.1, 0.15) is 36.9 Å². The Morgan fingerprint density at radius 3 is 3.12 bits per heavy atom. The molecule has 1 N–H and O–H groups in total. The quantitative estimate of drug-likeness (QED) is 0.890. The highest BCUT2D eigenvalue weighted by Gasteiger charge is 2.16. The second kappa shape index (κ2) is 6.76. The molecule has 17 heavy (non-hydrogen) atoms. The molecule has 0 radical (unpaired) electrons. The van der Waals surface area contributed by atoms with E-state index in [2.05, 4.69) is 29.4 Å². The van der Waals surface area contributed by atoms with E-state index in [1.807, 2.05) is 18.4 Å². The van der Waals surface area contributed by atoms with Gasteiger partial charge in [0.05, 0.1) is 10.7 Å². The van der Waals surface area contributed by atoms with Crippen LogP contribution in [0.2, 0.25) is 0 Å². The summed E-state index contributed by atoms with van der Waals surface area (Å²) in [5.41, 5.74) is 1.26. The van der Waals surface area contributed by atoms with Crippen molar-refractivity contribution in [1.29, 1.82) is 0 Å². The van der Waals surface area contributed by atoms with Gasteiger partial charge in [-0.3, -0.25) is 0 Å². The standard InChI is InChI=1S/C13H22N2S2/c1-10(14-2)7-11-9-17-13(15-11)8-12-5-3-4-6-16-12/h9-10,12,14H,3-8H2,1-2H3. The molecule has 0 saturated carbocycles. The van der Waals surface area contributed by atoms with Crippen LogP contribution in [0.3, 0.4) is 0 Å². The number of rotatable bonds is 5. The first-order valence-corrected chi connectivity index (χ1v) is 8.43. The largest absolute Gasteiger partial charge is 0.317 e. The van der Waals surface area contributed by atoms with Crippen molar-refractivity contribution in [3.05, 3.63) is 16.1 Å². The summed E-state index contributed by atoms with van der Waals surface area (Å²) in [6.07, 6.45) is 6.43. The van der Waals surface area contributed by atoms with E-state index in [0.29, 0.717) is 6.04 Å². The second-order valence-corrected chi connectivity index (χ2v) is 7.17. The molecule has 2 unspecified atom stereocenters. The summed E-state index contributed by atoms with van der Waals surface area (Å²) in [5.74, 6) is 1.35. The summed E-state index contributed by atoms with van der Waals surface area (Å²) < 4.78 is 0. The van der Waals surface area contributed by atoms with Gasteiger partial charge < -0.3 is 5.32 Å². The number of hydrogen-bond donors (Lipinski definition) is 1. The second-order valence-electron chi connectivity index (χ2n) is 4.82. The highest BCUT2D eigenvalue weighted by atomic mass is 32.2. The van der Waals surface area contributed by atoms with Crippen molar-refractivity contribution in [3.8, 4) is 0 Å². The zero-order valence-electron chi connectivity index (χ0n) is 10.7. The molecule has 0 spiro atoms. The first-order valence-electron chi connectivity index (χ1n) is 6.50. The number of thioether (sulfide) groups is 1. The van der Waals surface area contributed by atoms with E-state index in [1.165, 1.54) is 42.1 Å². The van der Waals surface area contributed by atoms with Crippen molar-refractivity contribution in [2.45, 2.75) is 50.3 Å². The molecule has 2 heterocycles. The summed E-state index contributed by atoms with van der Waals surface area (Å²) in [4.78, 5) is 4.76. The molecule has 0 amide bonds. The fourth-order valence-electron chi connectivity index (χ4n) is 2.12. The van der Waals surface area contributed by atoms with Crippen LogP contribution in [-0.4, -0.2) is 29.1 Å². The number of aromatic nitrogens is 1. The molecule has 1 fully saturated rings.